The fourth-order valence-electron chi connectivity index (χ4n) is 7.51. The number of aliphatic hydroxyl groups excluding tert-OH is 4. The Hall–Kier alpha value is -1.58. The second-order valence-corrected chi connectivity index (χ2v) is 15.0. The maximum atomic E-state index is 12.6. The van der Waals surface area contributed by atoms with Gasteiger partial charge in [0.05, 0.1) is 62.5 Å². The molecule has 0 aromatic heterocycles. The van der Waals surface area contributed by atoms with Gasteiger partial charge in [-0.1, -0.05) is 25.7 Å². The predicted molar refractivity (Wildman–Crippen MR) is 185 cm³/mol. The quantitative estimate of drug-likeness (QED) is 0.232. The fourth-order valence-corrected chi connectivity index (χ4v) is 7.51. The molecule has 0 aliphatic carbocycles. The first-order valence-corrected chi connectivity index (χ1v) is 18.7. The third kappa shape index (κ3) is 12.0. The van der Waals surface area contributed by atoms with E-state index in [-0.39, 0.29) is 54.9 Å². The molecule has 0 spiro atoms. The van der Waals surface area contributed by atoms with E-state index < -0.39 is 42.7 Å². The largest absolute Gasteiger partial charge is 0.394 e. The molecule has 0 amide bonds. The van der Waals surface area contributed by atoms with Crippen LogP contribution in [0.2, 0.25) is 0 Å². The van der Waals surface area contributed by atoms with Crippen molar-refractivity contribution in [3.63, 3.8) is 0 Å². The summed E-state index contributed by atoms with van der Waals surface area (Å²) in [4.78, 5) is 25.2. The van der Waals surface area contributed by atoms with Crippen molar-refractivity contribution < 1.29 is 58.4 Å². The van der Waals surface area contributed by atoms with E-state index in [0.29, 0.717) is 57.8 Å². The second kappa shape index (κ2) is 20.0. The first-order chi connectivity index (χ1) is 23.9. The van der Waals surface area contributed by atoms with Crippen LogP contribution in [-0.4, -0.2) is 132 Å². The monoisotopic (exact) mass is 710 g/mol. The molecule has 0 aromatic carbocycles. The number of carbonyl (C=O) groups is 2. The van der Waals surface area contributed by atoms with Crippen LogP contribution in [-0.2, 0) is 38.0 Å². The Morgan fingerprint density at radius 1 is 0.820 bits per heavy atom. The summed E-state index contributed by atoms with van der Waals surface area (Å²) < 4.78 is 34.9. The lowest BCUT2D eigenvalue weighted by atomic mass is 9.86. The molecule has 6 fully saturated rings. The summed E-state index contributed by atoms with van der Waals surface area (Å²) in [6, 6.07) is 0. The molecular formula is C38H62O12. The van der Waals surface area contributed by atoms with Crippen molar-refractivity contribution in [1.29, 1.82) is 0 Å². The molecule has 6 unspecified atom stereocenters. The Morgan fingerprint density at radius 2 is 1.52 bits per heavy atom. The smallest absolute Gasteiger partial charge is 0.135 e. The van der Waals surface area contributed by atoms with E-state index in [1.807, 2.05) is 6.92 Å². The van der Waals surface area contributed by atoms with E-state index >= 15 is 0 Å². The average Bonchev–Trinajstić information content (AvgIpc) is 3.79. The summed E-state index contributed by atoms with van der Waals surface area (Å²) in [6.07, 6.45) is 2.92. The Labute approximate surface area is 297 Å². The first-order valence-electron chi connectivity index (χ1n) is 18.7. The van der Waals surface area contributed by atoms with E-state index in [9.17, 15) is 19.8 Å². The number of carbonyl (C=O) groups excluding carboxylic acids is 2. The third-order valence-electron chi connectivity index (χ3n) is 10.6. The van der Waals surface area contributed by atoms with Crippen molar-refractivity contribution in [2.75, 3.05) is 26.4 Å². The van der Waals surface area contributed by atoms with Crippen molar-refractivity contribution in [2.45, 2.75) is 171 Å². The predicted octanol–water partition coefficient (Wildman–Crippen LogP) is 3.14. The van der Waals surface area contributed by atoms with Crippen molar-refractivity contribution in [2.24, 2.45) is 5.92 Å². The van der Waals surface area contributed by atoms with Gasteiger partial charge >= 0.3 is 0 Å². The highest BCUT2D eigenvalue weighted by molar-refractivity contribution is 5.79. The lowest BCUT2D eigenvalue weighted by molar-refractivity contribution is -0.259. The molecule has 6 aliphatic rings. The highest BCUT2D eigenvalue weighted by Gasteiger charge is 2.57. The maximum absolute atomic E-state index is 12.6. The van der Waals surface area contributed by atoms with Gasteiger partial charge in [0, 0.05) is 32.3 Å². The molecule has 12 heteroatoms. The molecule has 0 saturated carbocycles. The molecular weight excluding hydrogens is 648 g/mol. The van der Waals surface area contributed by atoms with Crippen LogP contribution in [0.4, 0.5) is 0 Å². The Kier molecular flexibility index (Phi) is 16.5. The number of aliphatic hydroxyl groups is 4. The summed E-state index contributed by atoms with van der Waals surface area (Å²) in [5.41, 5.74) is 2.30. The zero-order valence-corrected chi connectivity index (χ0v) is 30.3. The van der Waals surface area contributed by atoms with E-state index in [2.05, 4.69) is 20.1 Å². The highest BCUT2D eigenvalue weighted by atomic mass is 16.6. The van der Waals surface area contributed by atoms with Crippen molar-refractivity contribution in [1.82, 2.24) is 0 Å². The minimum absolute atomic E-state index is 0.0116. The summed E-state index contributed by atoms with van der Waals surface area (Å²) in [6.45, 7) is 15.4. The normalized spacial score (nSPS) is 38.6. The fraction of sp³-hybridized carbons (Fsp3) is 0.842. The van der Waals surface area contributed by atoms with Gasteiger partial charge in [-0.05, 0) is 76.7 Å². The molecule has 12 nitrogen and oxygen atoms in total. The van der Waals surface area contributed by atoms with Crippen molar-refractivity contribution in [3.8, 4) is 0 Å². The molecule has 4 N–H and O–H groups in total. The number of Topliss-reactive ketones (excluding diaryl/α,β-unsaturated/α-hetero) is 2. The lowest BCUT2D eigenvalue weighted by Crippen LogP contribution is -2.61. The lowest BCUT2D eigenvalue weighted by Gasteiger charge is -2.46. The molecule has 6 heterocycles. The summed E-state index contributed by atoms with van der Waals surface area (Å²) >= 11 is 0. The van der Waals surface area contributed by atoms with Crippen molar-refractivity contribution >= 4 is 11.6 Å². The van der Waals surface area contributed by atoms with E-state index in [1.165, 1.54) is 25.3 Å². The number of ether oxygens (including phenoxy) is 6. The summed E-state index contributed by atoms with van der Waals surface area (Å²) in [5, 5.41) is 37.9. The van der Waals surface area contributed by atoms with Crippen LogP contribution < -0.4 is 0 Å². The number of ketones is 2. The van der Waals surface area contributed by atoms with Crippen LogP contribution in [0.3, 0.4) is 0 Å². The van der Waals surface area contributed by atoms with Crippen LogP contribution in [0.5, 0.6) is 0 Å². The SMILES string of the molecule is C=C1CC[C@H](CC)OC1.C=C1COC(CCC(=O)C[C@H]2O[C@@H]3C(O[C@H]4CCC(CC(=O)CC5CCO[C@H]5C)O[C@@H]4C3O)[C@H]2O)C1.CC(O)CO. The first kappa shape index (κ1) is 41.2. The van der Waals surface area contributed by atoms with E-state index in [1.54, 1.807) is 0 Å². The van der Waals surface area contributed by atoms with Gasteiger partial charge < -0.3 is 48.8 Å². The average molecular weight is 711 g/mol. The molecule has 286 valence electrons. The van der Waals surface area contributed by atoms with Gasteiger partial charge in [0.15, 0.2) is 0 Å². The summed E-state index contributed by atoms with van der Waals surface area (Å²) in [7, 11) is 0. The van der Waals surface area contributed by atoms with Crippen LogP contribution in [0.1, 0.15) is 97.8 Å². The number of hydrogen-bond donors (Lipinski definition) is 4. The molecule has 0 radical (unpaired) electrons. The number of rotatable bonds is 11. The molecule has 0 aromatic rings. The second-order valence-electron chi connectivity index (χ2n) is 15.0. The third-order valence-corrected chi connectivity index (χ3v) is 10.6. The van der Waals surface area contributed by atoms with Gasteiger partial charge in [-0.15, -0.1) is 0 Å². The van der Waals surface area contributed by atoms with Gasteiger partial charge in [0.25, 0.3) is 0 Å². The molecule has 6 saturated heterocycles. The Balaban J connectivity index is 0.000000336. The van der Waals surface area contributed by atoms with Gasteiger partial charge in [-0.3, -0.25) is 9.59 Å². The van der Waals surface area contributed by atoms with Crippen LogP contribution in [0, 0.1) is 5.92 Å². The standard InChI is InChI=1S/C27H40O9.C8H14O.C3H8O2/c1-14-9-19(33-13-14)4-3-17(28)12-22-23(30)26-27(36-22)24(31)25-21(35-26)6-5-20(34-25)11-18(29)10-16-7-8-32-15(16)2;1-3-8-5-4-7(2)6-9-8;1-3(5)2-4/h15-16,19-27,30-31H,1,3-13H2,2H3;8H,2-6H2,1H3;3-5H,2H2,1H3/t15-,16?,19?,20?,21-,22+,23-,24?,25-,26?,27-;8-;/m00./s1. The van der Waals surface area contributed by atoms with Gasteiger partial charge in [0.2, 0.25) is 0 Å². The van der Waals surface area contributed by atoms with Crippen molar-refractivity contribution in [3.05, 3.63) is 24.3 Å². The minimum Gasteiger partial charge on any atom is -0.394 e. The summed E-state index contributed by atoms with van der Waals surface area (Å²) in [5.74, 6) is 0.405. The van der Waals surface area contributed by atoms with Crippen LogP contribution in [0.25, 0.3) is 0 Å². The molecule has 6 rings (SSSR count). The maximum Gasteiger partial charge on any atom is 0.135 e. The zero-order chi connectivity index (χ0) is 36.4. The van der Waals surface area contributed by atoms with Gasteiger partial charge in [-0.2, -0.15) is 0 Å². The van der Waals surface area contributed by atoms with E-state index in [0.717, 1.165) is 31.4 Å². The van der Waals surface area contributed by atoms with E-state index in [4.69, 9.17) is 38.6 Å². The van der Waals surface area contributed by atoms with Crippen LogP contribution in [0.15, 0.2) is 24.3 Å². The zero-order valence-electron chi connectivity index (χ0n) is 30.3. The Morgan fingerprint density at radius 3 is 2.12 bits per heavy atom. The van der Waals surface area contributed by atoms with Crippen LogP contribution >= 0.6 is 0 Å². The van der Waals surface area contributed by atoms with Gasteiger partial charge in [-0.25, -0.2) is 0 Å². The topological polar surface area (TPSA) is 170 Å². The number of fused-ring (bicyclic) bond motifs is 2. The number of hydrogen-bond acceptors (Lipinski definition) is 12. The molecule has 6 aliphatic heterocycles. The molecule has 50 heavy (non-hydrogen) atoms. The minimum atomic E-state index is -0.998. The Bertz CT molecular complexity index is 1100. The molecule has 13 atom stereocenters. The highest BCUT2D eigenvalue weighted by Crippen LogP contribution is 2.40. The molecule has 0 bridgehead atoms. The van der Waals surface area contributed by atoms with Gasteiger partial charge in [0.1, 0.15) is 42.1 Å².